The first-order chi connectivity index (χ1) is 11.0. The molecule has 23 heavy (non-hydrogen) atoms. The van der Waals surface area contributed by atoms with E-state index >= 15 is 0 Å². The summed E-state index contributed by atoms with van der Waals surface area (Å²) in [6.07, 6.45) is 2.78. The van der Waals surface area contributed by atoms with Crippen LogP contribution in [0.15, 0.2) is 4.99 Å². The maximum Gasteiger partial charge on any atom is 0.191 e. The minimum Gasteiger partial charge on any atom is -0.379 e. The zero-order valence-electron chi connectivity index (χ0n) is 14.8. The molecule has 6 nitrogen and oxygen atoms in total. The molecule has 0 amide bonds. The van der Waals surface area contributed by atoms with E-state index in [9.17, 15) is 0 Å². The molecule has 0 bridgehead atoms. The van der Waals surface area contributed by atoms with Gasteiger partial charge in [-0.05, 0) is 19.8 Å². The summed E-state index contributed by atoms with van der Waals surface area (Å²) in [4.78, 5) is 4.38. The Balaban J connectivity index is 1.46. The third-order valence-corrected chi connectivity index (χ3v) is 5.47. The highest BCUT2D eigenvalue weighted by atomic mass is 16.5. The van der Waals surface area contributed by atoms with Crippen LogP contribution in [-0.4, -0.2) is 63.7 Å². The molecule has 1 aliphatic carbocycles. The van der Waals surface area contributed by atoms with Crippen LogP contribution in [0.1, 0.15) is 33.6 Å². The van der Waals surface area contributed by atoms with Gasteiger partial charge in [0.1, 0.15) is 0 Å². The van der Waals surface area contributed by atoms with Crippen molar-refractivity contribution >= 4 is 5.96 Å². The standard InChI is InChI=1S/C17H31N3O3/c1-11(9-23-12-5-7-21-10-12)19-16(18-4)20-14-13-6-8-22-15(13)17(14,2)3/h11-15H,5-10H2,1-4H3,(H2,18,19,20). The molecule has 132 valence electrons. The molecule has 2 saturated heterocycles. The van der Waals surface area contributed by atoms with Crippen molar-refractivity contribution in [3.05, 3.63) is 0 Å². The average Bonchev–Trinajstić information content (AvgIpc) is 3.19. The highest BCUT2D eigenvalue weighted by Crippen LogP contribution is 2.52. The average molecular weight is 325 g/mol. The van der Waals surface area contributed by atoms with Gasteiger partial charge in [-0.1, -0.05) is 13.8 Å². The van der Waals surface area contributed by atoms with Gasteiger partial charge in [0.25, 0.3) is 0 Å². The van der Waals surface area contributed by atoms with E-state index in [-0.39, 0.29) is 17.6 Å². The number of hydrogen-bond acceptors (Lipinski definition) is 4. The number of nitrogens with zero attached hydrogens (tertiary/aromatic N) is 1. The number of guanidine groups is 1. The number of ether oxygens (including phenoxy) is 3. The SMILES string of the molecule is CN=C(NC(C)COC1CCOC1)NC1C2CCOC2C1(C)C. The molecule has 5 unspecified atom stereocenters. The Labute approximate surface area is 139 Å². The molecular weight excluding hydrogens is 294 g/mol. The molecule has 3 rings (SSSR count). The quantitative estimate of drug-likeness (QED) is 0.587. The van der Waals surface area contributed by atoms with Crippen molar-refractivity contribution in [3.63, 3.8) is 0 Å². The lowest BCUT2D eigenvalue weighted by Crippen LogP contribution is -2.68. The molecule has 0 spiro atoms. The van der Waals surface area contributed by atoms with Crippen LogP contribution in [-0.2, 0) is 14.2 Å². The molecule has 0 aromatic heterocycles. The van der Waals surface area contributed by atoms with Crippen molar-refractivity contribution in [1.82, 2.24) is 10.6 Å². The van der Waals surface area contributed by atoms with Gasteiger partial charge in [0.15, 0.2) is 5.96 Å². The minimum absolute atomic E-state index is 0.152. The molecule has 3 fully saturated rings. The molecular formula is C17H31N3O3. The van der Waals surface area contributed by atoms with Crippen LogP contribution in [0.4, 0.5) is 0 Å². The maximum absolute atomic E-state index is 5.88. The monoisotopic (exact) mass is 325 g/mol. The van der Waals surface area contributed by atoms with Crippen molar-refractivity contribution in [1.29, 1.82) is 0 Å². The number of fused-ring (bicyclic) bond motifs is 1. The molecule has 1 saturated carbocycles. The lowest BCUT2D eigenvalue weighted by molar-refractivity contribution is -0.106. The van der Waals surface area contributed by atoms with E-state index in [1.54, 1.807) is 0 Å². The molecule has 2 aliphatic heterocycles. The van der Waals surface area contributed by atoms with E-state index in [2.05, 4.69) is 36.4 Å². The third kappa shape index (κ3) is 3.49. The molecule has 0 aromatic carbocycles. The number of rotatable bonds is 5. The van der Waals surface area contributed by atoms with E-state index in [0.717, 1.165) is 38.6 Å². The van der Waals surface area contributed by atoms with E-state index in [1.807, 2.05) is 7.05 Å². The van der Waals surface area contributed by atoms with Gasteiger partial charge in [-0.3, -0.25) is 4.99 Å². The fraction of sp³-hybridized carbons (Fsp3) is 0.941. The summed E-state index contributed by atoms with van der Waals surface area (Å²) in [6, 6.07) is 0.623. The van der Waals surface area contributed by atoms with E-state index in [4.69, 9.17) is 14.2 Å². The Kier molecular flexibility index (Phi) is 5.13. The summed E-state index contributed by atoms with van der Waals surface area (Å²) in [7, 11) is 1.82. The first kappa shape index (κ1) is 17.0. The fourth-order valence-electron chi connectivity index (χ4n) is 4.14. The smallest absolute Gasteiger partial charge is 0.191 e. The topological polar surface area (TPSA) is 64.1 Å². The van der Waals surface area contributed by atoms with Crippen LogP contribution in [0, 0.1) is 11.3 Å². The van der Waals surface area contributed by atoms with Crippen LogP contribution in [0.5, 0.6) is 0 Å². The zero-order chi connectivity index (χ0) is 16.4. The molecule has 3 aliphatic rings. The second kappa shape index (κ2) is 6.95. The van der Waals surface area contributed by atoms with E-state index < -0.39 is 0 Å². The summed E-state index contributed by atoms with van der Waals surface area (Å²) in [5.41, 5.74) is 0.152. The van der Waals surface area contributed by atoms with Gasteiger partial charge >= 0.3 is 0 Å². The highest BCUT2D eigenvalue weighted by Gasteiger charge is 2.59. The largest absolute Gasteiger partial charge is 0.379 e. The van der Waals surface area contributed by atoms with Gasteiger partial charge in [0, 0.05) is 43.7 Å². The Morgan fingerprint density at radius 1 is 1.35 bits per heavy atom. The Morgan fingerprint density at radius 3 is 2.87 bits per heavy atom. The number of nitrogens with one attached hydrogen (secondary N) is 2. The Bertz CT molecular complexity index is 435. The summed E-state index contributed by atoms with van der Waals surface area (Å²) in [5.74, 6) is 1.46. The van der Waals surface area contributed by atoms with Gasteiger partial charge in [0.2, 0.25) is 0 Å². The molecule has 2 heterocycles. The predicted molar refractivity (Wildman–Crippen MR) is 89.7 cm³/mol. The molecule has 0 aromatic rings. The Morgan fingerprint density at radius 2 is 2.17 bits per heavy atom. The summed E-state index contributed by atoms with van der Waals surface area (Å²) < 4.78 is 17.1. The van der Waals surface area contributed by atoms with Gasteiger partial charge in [-0.25, -0.2) is 0 Å². The fourth-order valence-corrected chi connectivity index (χ4v) is 4.14. The van der Waals surface area contributed by atoms with Crippen molar-refractivity contribution in [2.45, 2.75) is 57.9 Å². The maximum atomic E-state index is 5.88. The highest BCUT2D eigenvalue weighted by molar-refractivity contribution is 5.80. The first-order valence-corrected chi connectivity index (χ1v) is 8.83. The van der Waals surface area contributed by atoms with Crippen molar-refractivity contribution in [2.24, 2.45) is 16.3 Å². The molecule has 6 heteroatoms. The zero-order valence-corrected chi connectivity index (χ0v) is 14.8. The van der Waals surface area contributed by atoms with Crippen LogP contribution < -0.4 is 10.6 Å². The summed E-state index contributed by atoms with van der Waals surface area (Å²) >= 11 is 0. The van der Waals surface area contributed by atoms with Gasteiger partial charge in [-0.2, -0.15) is 0 Å². The summed E-state index contributed by atoms with van der Waals surface area (Å²) in [5, 5.41) is 7.04. The van der Waals surface area contributed by atoms with Crippen LogP contribution in [0.25, 0.3) is 0 Å². The lowest BCUT2D eigenvalue weighted by Gasteiger charge is -2.55. The lowest BCUT2D eigenvalue weighted by atomic mass is 9.57. The second-order valence-corrected chi connectivity index (χ2v) is 7.62. The molecule has 2 N–H and O–H groups in total. The van der Waals surface area contributed by atoms with E-state index in [0.29, 0.717) is 24.7 Å². The molecule has 0 radical (unpaired) electrons. The van der Waals surface area contributed by atoms with E-state index in [1.165, 1.54) is 0 Å². The number of hydrogen-bond donors (Lipinski definition) is 2. The third-order valence-electron chi connectivity index (χ3n) is 5.47. The van der Waals surface area contributed by atoms with Crippen LogP contribution in [0.2, 0.25) is 0 Å². The van der Waals surface area contributed by atoms with Crippen LogP contribution in [0.3, 0.4) is 0 Å². The normalized spacial score (nSPS) is 37.1. The van der Waals surface area contributed by atoms with Crippen molar-refractivity contribution in [2.75, 3.05) is 33.5 Å². The van der Waals surface area contributed by atoms with Gasteiger partial charge in [-0.15, -0.1) is 0 Å². The first-order valence-electron chi connectivity index (χ1n) is 8.83. The minimum atomic E-state index is 0.152. The van der Waals surface area contributed by atoms with Crippen LogP contribution >= 0.6 is 0 Å². The van der Waals surface area contributed by atoms with Gasteiger partial charge in [0.05, 0.1) is 25.4 Å². The number of aliphatic imine (C=N–C) groups is 1. The second-order valence-electron chi connectivity index (χ2n) is 7.62. The van der Waals surface area contributed by atoms with Crippen molar-refractivity contribution < 1.29 is 14.2 Å². The summed E-state index contributed by atoms with van der Waals surface area (Å²) in [6.45, 7) is 9.76. The van der Waals surface area contributed by atoms with Crippen molar-refractivity contribution in [3.8, 4) is 0 Å². The molecule has 5 atom stereocenters. The van der Waals surface area contributed by atoms with Gasteiger partial charge < -0.3 is 24.8 Å². The Hall–Kier alpha value is -0.850. The predicted octanol–water partition coefficient (Wildman–Crippen LogP) is 1.16.